The molecule has 0 heterocycles. The standard InChI is InChI=1S/C19H21ClN2O3S/c1-22(15-17-9-5-6-10-18(17)20)19(23)11-13-21-26(24,25)14-12-16-7-3-2-4-8-16/h2-10,12,14,21H,11,13,15H2,1H3/b14-12+. The molecule has 0 unspecified atom stereocenters. The highest BCUT2D eigenvalue weighted by molar-refractivity contribution is 7.92. The van der Waals surface area contributed by atoms with E-state index in [2.05, 4.69) is 4.72 Å². The molecule has 0 radical (unpaired) electrons. The van der Waals surface area contributed by atoms with Crippen LogP contribution in [0.5, 0.6) is 0 Å². The van der Waals surface area contributed by atoms with Crippen LogP contribution in [0.25, 0.3) is 6.08 Å². The number of carbonyl (C=O) groups excluding carboxylic acids is 1. The second kappa shape index (κ2) is 9.52. The zero-order chi connectivity index (χ0) is 19.0. The van der Waals surface area contributed by atoms with E-state index < -0.39 is 10.0 Å². The molecule has 0 aliphatic carbocycles. The van der Waals surface area contributed by atoms with E-state index in [1.807, 2.05) is 36.4 Å². The van der Waals surface area contributed by atoms with Gasteiger partial charge in [-0.1, -0.05) is 60.1 Å². The molecule has 26 heavy (non-hydrogen) atoms. The summed E-state index contributed by atoms with van der Waals surface area (Å²) in [4.78, 5) is 13.7. The molecule has 0 saturated carbocycles. The molecule has 0 aliphatic rings. The highest BCUT2D eigenvalue weighted by Crippen LogP contribution is 2.16. The van der Waals surface area contributed by atoms with Crippen molar-refractivity contribution in [2.24, 2.45) is 0 Å². The van der Waals surface area contributed by atoms with Gasteiger partial charge < -0.3 is 4.90 Å². The van der Waals surface area contributed by atoms with Crippen LogP contribution in [0.4, 0.5) is 0 Å². The molecule has 0 aromatic heterocycles. The third-order valence-corrected chi connectivity index (χ3v) is 5.14. The van der Waals surface area contributed by atoms with Gasteiger partial charge in [0, 0.05) is 37.0 Å². The van der Waals surface area contributed by atoms with Crippen LogP contribution in [0, 0.1) is 0 Å². The minimum absolute atomic E-state index is 0.0349. The van der Waals surface area contributed by atoms with Crippen LogP contribution in [0.1, 0.15) is 17.5 Å². The van der Waals surface area contributed by atoms with E-state index in [-0.39, 0.29) is 18.9 Å². The molecule has 1 N–H and O–H groups in total. The van der Waals surface area contributed by atoms with Crippen molar-refractivity contribution in [2.45, 2.75) is 13.0 Å². The van der Waals surface area contributed by atoms with Gasteiger partial charge in [-0.25, -0.2) is 13.1 Å². The fraction of sp³-hybridized carbons (Fsp3) is 0.211. The van der Waals surface area contributed by atoms with Gasteiger partial charge in [-0.3, -0.25) is 4.79 Å². The Bertz CT molecular complexity index is 867. The fourth-order valence-electron chi connectivity index (χ4n) is 2.24. The first-order valence-corrected chi connectivity index (χ1v) is 10.00. The lowest BCUT2D eigenvalue weighted by Crippen LogP contribution is -2.31. The van der Waals surface area contributed by atoms with Gasteiger partial charge in [0.25, 0.3) is 0 Å². The maximum absolute atomic E-state index is 12.2. The van der Waals surface area contributed by atoms with Crippen LogP contribution in [-0.2, 0) is 21.4 Å². The van der Waals surface area contributed by atoms with E-state index in [1.165, 1.54) is 11.0 Å². The van der Waals surface area contributed by atoms with Gasteiger partial charge >= 0.3 is 0 Å². The van der Waals surface area contributed by atoms with Gasteiger partial charge in [0.15, 0.2) is 0 Å². The molecular weight excluding hydrogens is 372 g/mol. The Morgan fingerprint density at radius 3 is 2.46 bits per heavy atom. The summed E-state index contributed by atoms with van der Waals surface area (Å²) in [5, 5.41) is 1.69. The highest BCUT2D eigenvalue weighted by Gasteiger charge is 2.12. The Hall–Kier alpha value is -2.15. The molecule has 0 atom stereocenters. The molecule has 0 spiro atoms. The maximum Gasteiger partial charge on any atom is 0.233 e. The maximum atomic E-state index is 12.2. The molecule has 0 aliphatic heterocycles. The van der Waals surface area contributed by atoms with Gasteiger partial charge in [0.1, 0.15) is 0 Å². The summed E-state index contributed by atoms with van der Waals surface area (Å²) in [5.41, 5.74) is 1.63. The number of nitrogens with zero attached hydrogens (tertiary/aromatic N) is 1. The number of halogens is 1. The molecule has 2 aromatic carbocycles. The number of rotatable bonds is 8. The van der Waals surface area contributed by atoms with Crippen LogP contribution >= 0.6 is 11.6 Å². The van der Waals surface area contributed by atoms with Crippen molar-refractivity contribution in [3.63, 3.8) is 0 Å². The molecule has 0 saturated heterocycles. The van der Waals surface area contributed by atoms with Crippen molar-refractivity contribution in [1.29, 1.82) is 0 Å². The first-order valence-electron chi connectivity index (χ1n) is 8.07. The summed E-state index contributed by atoms with van der Waals surface area (Å²) in [5.74, 6) is -0.167. The predicted molar refractivity (Wildman–Crippen MR) is 105 cm³/mol. The molecule has 2 aromatic rings. The second-order valence-corrected chi connectivity index (χ2v) is 7.80. The summed E-state index contributed by atoms with van der Waals surface area (Å²) < 4.78 is 26.3. The molecule has 2 rings (SSSR count). The lowest BCUT2D eigenvalue weighted by atomic mass is 10.2. The SMILES string of the molecule is CN(Cc1ccccc1Cl)C(=O)CCNS(=O)(=O)/C=C/c1ccccc1. The minimum Gasteiger partial charge on any atom is -0.341 e. The first-order chi connectivity index (χ1) is 12.4. The Balaban J connectivity index is 1.81. The number of amides is 1. The van der Waals surface area contributed by atoms with Crippen LogP contribution < -0.4 is 4.72 Å². The van der Waals surface area contributed by atoms with Crippen molar-refractivity contribution >= 4 is 33.6 Å². The lowest BCUT2D eigenvalue weighted by molar-refractivity contribution is -0.130. The highest BCUT2D eigenvalue weighted by atomic mass is 35.5. The van der Waals surface area contributed by atoms with E-state index in [0.717, 1.165) is 16.5 Å². The quantitative estimate of drug-likeness (QED) is 0.749. The Morgan fingerprint density at radius 2 is 1.77 bits per heavy atom. The van der Waals surface area contributed by atoms with E-state index in [4.69, 9.17) is 11.6 Å². The monoisotopic (exact) mass is 392 g/mol. The number of sulfonamides is 1. The van der Waals surface area contributed by atoms with Crippen molar-refractivity contribution in [1.82, 2.24) is 9.62 Å². The van der Waals surface area contributed by atoms with Gasteiger partial charge in [-0.15, -0.1) is 0 Å². The molecule has 0 bridgehead atoms. The Morgan fingerprint density at radius 1 is 1.12 bits per heavy atom. The second-order valence-electron chi connectivity index (χ2n) is 5.74. The van der Waals surface area contributed by atoms with Crippen molar-refractivity contribution in [2.75, 3.05) is 13.6 Å². The van der Waals surface area contributed by atoms with Gasteiger partial charge in [-0.2, -0.15) is 0 Å². The summed E-state index contributed by atoms with van der Waals surface area (Å²) in [6.07, 6.45) is 1.58. The van der Waals surface area contributed by atoms with Gasteiger partial charge in [0.2, 0.25) is 15.9 Å². The summed E-state index contributed by atoms with van der Waals surface area (Å²) in [7, 11) is -1.93. The van der Waals surface area contributed by atoms with E-state index in [0.29, 0.717) is 11.6 Å². The fourth-order valence-corrected chi connectivity index (χ4v) is 3.26. The largest absolute Gasteiger partial charge is 0.341 e. The van der Waals surface area contributed by atoms with Crippen molar-refractivity contribution in [3.8, 4) is 0 Å². The van der Waals surface area contributed by atoms with E-state index >= 15 is 0 Å². The van der Waals surface area contributed by atoms with Gasteiger partial charge in [-0.05, 0) is 23.3 Å². The average molecular weight is 393 g/mol. The number of nitrogens with one attached hydrogen (secondary N) is 1. The predicted octanol–water partition coefficient (Wildman–Crippen LogP) is 3.28. The molecule has 5 nitrogen and oxygen atoms in total. The zero-order valence-electron chi connectivity index (χ0n) is 14.4. The number of hydrogen-bond acceptors (Lipinski definition) is 3. The van der Waals surface area contributed by atoms with Crippen molar-refractivity contribution in [3.05, 3.63) is 76.2 Å². The minimum atomic E-state index is -3.59. The molecule has 1 amide bonds. The van der Waals surface area contributed by atoms with E-state index in [1.54, 1.807) is 25.2 Å². The third-order valence-electron chi connectivity index (χ3n) is 3.67. The normalized spacial score (nSPS) is 11.6. The van der Waals surface area contributed by atoms with Crippen molar-refractivity contribution < 1.29 is 13.2 Å². The molecule has 138 valence electrons. The zero-order valence-corrected chi connectivity index (χ0v) is 16.0. The van der Waals surface area contributed by atoms with Crippen LogP contribution in [0.3, 0.4) is 0 Å². The molecule has 0 fully saturated rings. The number of benzene rings is 2. The first kappa shape index (κ1) is 20.2. The lowest BCUT2D eigenvalue weighted by Gasteiger charge is -2.18. The van der Waals surface area contributed by atoms with Gasteiger partial charge in [0.05, 0.1) is 0 Å². The Kier molecular flexibility index (Phi) is 7.38. The molecular formula is C19H21ClN2O3S. The smallest absolute Gasteiger partial charge is 0.233 e. The van der Waals surface area contributed by atoms with Crippen LogP contribution in [0.2, 0.25) is 5.02 Å². The molecule has 7 heteroatoms. The summed E-state index contributed by atoms with van der Waals surface area (Å²) >= 11 is 6.09. The average Bonchev–Trinajstić information content (AvgIpc) is 2.62. The van der Waals surface area contributed by atoms with Crippen LogP contribution in [-0.4, -0.2) is 32.8 Å². The summed E-state index contributed by atoms with van der Waals surface area (Å²) in [6.45, 7) is 0.409. The Labute approximate surface area is 159 Å². The van der Waals surface area contributed by atoms with E-state index in [9.17, 15) is 13.2 Å². The third kappa shape index (κ3) is 6.63. The topological polar surface area (TPSA) is 66.5 Å². The number of hydrogen-bond donors (Lipinski definition) is 1. The summed E-state index contributed by atoms with van der Waals surface area (Å²) in [6, 6.07) is 16.4. The van der Waals surface area contributed by atoms with Crippen LogP contribution in [0.15, 0.2) is 60.0 Å². The number of carbonyl (C=O) groups is 1.